The molecule has 0 spiro atoms. The molecule has 1 aliphatic rings. The molecule has 0 atom stereocenters. The van der Waals surface area contributed by atoms with Crippen LogP contribution in [0.25, 0.3) is 0 Å². The standard InChI is InChI=1S/C25H27N3O2S/c1-27(17-19-7-3-2-4-8-19)22-10-6-5-9-21(22)26-24(29)11-12-25(30)28-15-13-23-20(18-28)14-16-31-23/h2-10,14,16H,11-13,15,17-18H2,1H3,(H,26,29). The summed E-state index contributed by atoms with van der Waals surface area (Å²) in [5, 5.41) is 5.08. The Hall–Kier alpha value is -3.12. The van der Waals surface area contributed by atoms with E-state index in [-0.39, 0.29) is 24.7 Å². The fourth-order valence-corrected chi connectivity index (χ4v) is 4.80. The lowest BCUT2D eigenvalue weighted by molar-refractivity contribution is -0.133. The van der Waals surface area contributed by atoms with E-state index in [4.69, 9.17) is 0 Å². The number of hydrogen-bond acceptors (Lipinski definition) is 4. The molecule has 0 saturated heterocycles. The Morgan fingerprint density at radius 3 is 2.65 bits per heavy atom. The summed E-state index contributed by atoms with van der Waals surface area (Å²) < 4.78 is 0. The number of amides is 2. The predicted molar refractivity (Wildman–Crippen MR) is 126 cm³/mol. The monoisotopic (exact) mass is 433 g/mol. The zero-order valence-corrected chi connectivity index (χ0v) is 18.5. The Morgan fingerprint density at radius 1 is 1.03 bits per heavy atom. The molecule has 160 valence electrons. The van der Waals surface area contributed by atoms with Crippen LogP contribution in [0, 0.1) is 0 Å². The minimum atomic E-state index is -0.137. The van der Waals surface area contributed by atoms with E-state index in [2.05, 4.69) is 33.8 Å². The Morgan fingerprint density at radius 2 is 1.81 bits per heavy atom. The smallest absolute Gasteiger partial charge is 0.224 e. The maximum atomic E-state index is 12.6. The fourth-order valence-electron chi connectivity index (χ4n) is 3.91. The van der Waals surface area contributed by atoms with E-state index in [1.807, 2.05) is 54.4 Å². The highest BCUT2D eigenvalue weighted by Crippen LogP contribution is 2.27. The van der Waals surface area contributed by atoms with Crippen molar-refractivity contribution in [2.24, 2.45) is 0 Å². The van der Waals surface area contributed by atoms with Crippen molar-refractivity contribution in [3.63, 3.8) is 0 Å². The van der Waals surface area contributed by atoms with E-state index in [0.29, 0.717) is 6.54 Å². The Balaban J connectivity index is 1.32. The zero-order valence-electron chi connectivity index (χ0n) is 17.7. The van der Waals surface area contributed by atoms with Crippen LogP contribution in [-0.2, 0) is 29.1 Å². The van der Waals surface area contributed by atoms with Crippen molar-refractivity contribution in [1.82, 2.24) is 4.90 Å². The number of para-hydroxylation sites is 2. The van der Waals surface area contributed by atoms with Gasteiger partial charge >= 0.3 is 0 Å². The van der Waals surface area contributed by atoms with Crippen molar-refractivity contribution in [3.8, 4) is 0 Å². The van der Waals surface area contributed by atoms with Gasteiger partial charge in [-0.1, -0.05) is 42.5 Å². The fraction of sp³-hybridized carbons (Fsp3) is 0.280. The number of carbonyl (C=O) groups excluding carboxylic acids is 2. The first kappa shape index (κ1) is 21.1. The van der Waals surface area contributed by atoms with Crippen LogP contribution in [0.2, 0.25) is 0 Å². The molecule has 1 N–H and O–H groups in total. The summed E-state index contributed by atoms with van der Waals surface area (Å²) in [6, 6.07) is 20.1. The molecule has 0 unspecified atom stereocenters. The van der Waals surface area contributed by atoms with Gasteiger partial charge in [0, 0.05) is 44.4 Å². The molecule has 31 heavy (non-hydrogen) atoms. The first-order valence-corrected chi connectivity index (χ1v) is 11.4. The van der Waals surface area contributed by atoms with Crippen molar-refractivity contribution in [2.75, 3.05) is 23.8 Å². The third-order valence-electron chi connectivity index (χ3n) is 5.58. The maximum Gasteiger partial charge on any atom is 0.224 e. The van der Waals surface area contributed by atoms with Gasteiger partial charge in [0.2, 0.25) is 11.8 Å². The first-order chi connectivity index (χ1) is 15.1. The van der Waals surface area contributed by atoms with Gasteiger partial charge in [0.1, 0.15) is 0 Å². The number of hydrogen-bond donors (Lipinski definition) is 1. The summed E-state index contributed by atoms with van der Waals surface area (Å²) >= 11 is 1.76. The van der Waals surface area contributed by atoms with E-state index >= 15 is 0 Å². The van der Waals surface area contributed by atoms with Crippen molar-refractivity contribution >= 4 is 34.5 Å². The van der Waals surface area contributed by atoms with Gasteiger partial charge < -0.3 is 15.1 Å². The lowest BCUT2D eigenvalue weighted by Gasteiger charge is -2.27. The van der Waals surface area contributed by atoms with Crippen LogP contribution in [0.5, 0.6) is 0 Å². The Kier molecular flexibility index (Phi) is 6.67. The number of fused-ring (bicyclic) bond motifs is 1. The number of benzene rings is 2. The van der Waals surface area contributed by atoms with Gasteiger partial charge in [0.25, 0.3) is 0 Å². The summed E-state index contributed by atoms with van der Waals surface area (Å²) in [6.45, 7) is 2.14. The molecule has 2 amide bonds. The van der Waals surface area contributed by atoms with Crippen LogP contribution in [-0.4, -0.2) is 30.3 Å². The van der Waals surface area contributed by atoms with Crippen molar-refractivity contribution in [1.29, 1.82) is 0 Å². The van der Waals surface area contributed by atoms with Gasteiger partial charge in [0.05, 0.1) is 11.4 Å². The van der Waals surface area contributed by atoms with Gasteiger partial charge in [-0.25, -0.2) is 0 Å². The predicted octanol–water partition coefficient (Wildman–Crippen LogP) is 4.69. The van der Waals surface area contributed by atoms with Gasteiger partial charge in [-0.05, 0) is 41.1 Å². The van der Waals surface area contributed by atoms with E-state index in [1.165, 1.54) is 16.0 Å². The quantitative estimate of drug-likeness (QED) is 0.588. The zero-order chi connectivity index (χ0) is 21.6. The summed E-state index contributed by atoms with van der Waals surface area (Å²) in [5.74, 6) is -0.0939. The molecule has 0 radical (unpaired) electrons. The summed E-state index contributed by atoms with van der Waals surface area (Å²) in [6.07, 6.45) is 1.32. The lowest BCUT2D eigenvalue weighted by Crippen LogP contribution is -2.35. The normalized spacial score (nSPS) is 12.9. The van der Waals surface area contributed by atoms with Crippen LogP contribution in [0.4, 0.5) is 11.4 Å². The number of nitrogens with zero attached hydrogens (tertiary/aromatic N) is 2. The highest BCUT2D eigenvalue weighted by molar-refractivity contribution is 7.10. The van der Waals surface area contributed by atoms with Crippen LogP contribution < -0.4 is 10.2 Å². The second-order valence-corrected chi connectivity index (χ2v) is 8.84. The number of nitrogens with one attached hydrogen (secondary N) is 1. The maximum absolute atomic E-state index is 12.6. The third kappa shape index (κ3) is 5.33. The molecule has 3 aromatic rings. The Labute approximate surface area is 187 Å². The summed E-state index contributed by atoms with van der Waals surface area (Å²) in [7, 11) is 2.01. The minimum Gasteiger partial charge on any atom is -0.369 e. The van der Waals surface area contributed by atoms with Crippen LogP contribution in [0.3, 0.4) is 0 Å². The number of carbonyl (C=O) groups is 2. The van der Waals surface area contributed by atoms with E-state index in [9.17, 15) is 9.59 Å². The lowest BCUT2D eigenvalue weighted by atomic mass is 10.1. The molecule has 0 aliphatic carbocycles. The molecule has 2 aromatic carbocycles. The molecule has 2 heterocycles. The number of anilines is 2. The first-order valence-electron chi connectivity index (χ1n) is 10.6. The molecular formula is C25H27N3O2S. The number of rotatable bonds is 7. The molecule has 0 saturated carbocycles. The van der Waals surface area contributed by atoms with E-state index in [1.54, 1.807) is 11.3 Å². The average molecular weight is 434 g/mol. The largest absolute Gasteiger partial charge is 0.369 e. The van der Waals surface area contributed by atoms with Crippen molar-refractivity contribution in [3.05, 3.63) is 82.0 Å². The summed E-state index contributed by atoms with van der Waals surface area (Å²) in [4.78, 5) is 30.5. The minimum absolute atomic E-state index is 0.0430. The van der Waals surface area contributed by atoms with E-state index < -0.39 is 0 Å². The summed E-state index contributed by atoms with van der Waals surface area (Å²) in [5.41, 5.74) is 4.16. The molecule has 0 bridgehead atoms. The average Bonchev–Trinajstić information content (AvgIpc) is 3.26. The molecular weight excluding hydrogens is 406 g/mol. The molecule has 1 aliphatic heterocycles. The molecule has 0 fully saturated rings. The molecule has 1 aromatic heterocycles. The van der Waals surface area contributed by atoms with Crippen molar-refractivity contribution < 1.29 is 9.59 Å². The van der Waals surface area contributed by atoms with Crippen LogP contribution in [0.1, 0.15) is 28.8 Å². The Bertz CT molecular complexity index is 1050. The second kappa shape index (κ2) is 9.79. The van der Waals surface area contributed by atoms with Gasteiger partial charge in [0.15, 0.2) is 0 Å². The van der Waals surface area contributed by atoms with E-state index in [0.717, 1.165) is 30.9 Å². The molecule has 4 rings (SSSR count). The molecule has 5 nitrogen and oxygen atoms in total. The topological polar surface area (TPSA) is 52.7 Å². The SMILES string of the molecule is CN(Cc1ccccc1)c1ccccc1NC(=O)CCC(=O)N1CCc2sccc2C1. The van der Waals surface area contributed by atoms with Gasteiger partial charge in [-0.3, -0.25) is 9.59 Å². The third-order valence-corrected chi connectivity index (χ3v) is 6.60. The molecule has 6 heteroatoms. The van der Waals surface area contributed by atoms with Crippen molar-refractivity contribution in [2.45, 2.75) is 32.4 Å². The van der Waals surface area contributed by atoms with Gasteiger partial charge in [-0.15, -0.1) is 11.3 Å². The highest BCUT2D eigenvalue weighted by atomic mass is 32.1. The number of thiophene rings is 1. The van der Waals surface area contributed by atoms with Crippen LogP contribution in [0.15, 0.2) is 66.0 Å². The van der Waals surface area contributed by atoms with Gasteiger partial charge in [-0.2, -0.15) is 0 Å². The van der Waals surface area contributed by atoms with Crippen LogP contribution >= 0.6 is 11.3 Å². The second-order valence-electron chi connectivity index (χ2n) is 7.84. The highest BCUT2D eigenvalue weighted by Gasteiger charge is 2.22.